The van der Waals surface area contributed by atoms with Crippen molar-refractivity contribution in [1.29, 1.82) is 0 Å². The number of piperidine rings is 1. The third-order valence-electron chi connectivity index (χ3n) is 5.08. The van der Waals surface area contributed by atoms with Gasteiger partial charge in [0.05, 0.1) is 29.9 Å². The van der Waals surface area contributed by atoms with Gasteiger partial charge in [0, 0.05) is 18.8 Å². The van der Waals surface area contributed by atoms with E-state index in [9.17, 15) is 4.79 Å². The standard InChI is InChI=1S/C22H25N3O3S/c1-3-28-17-8-6-16(7-9-17)23-21(26)15-5-4-12-25(14-15)22-24-19-11-10-18(27-2)13-20(19)29-22/h6-11,13,15H,3-5,12,14H2,1-2H3,(H,23,26). The summed E-state index contributed by atoms with van der Waals surface area (Å²) >= 11 is 1.65. The van der Waals surface area contributed by atoms with Crippen molar-refractivity contribution >= 4 is 38.3 Å². The van der Waals surface area contributed by atoms with Crippen LogP contribution in [0.2, 0.25) is 0 Å². The first kappa shape index (κ1) is 19.5. The molecule has 3 aromatic rings. The number of anilines is 2. The molecule has 1 aliphatic rings. The molecule has 1 saturated heterocycles. The number of hydrogen-bond acceptors (Lipinski definition) is 6. The van der Waals surface area contributed by atoms with Gasteiger partial charge in [0.2, 0.25) is 5.91 Å². The number of methoxy groups -OCH3 is 1. The molecule has 1 aromatic heterocycles. The summed E-state index contributed by atoms with van der Waals surface area (Å²) in [7, 11) is 1.67. The molecule has 1 unspecified atom stereocenters. The summed E-state index contributed by atoms with van der Waals surface area (Å²) in [6.45, 7) is 4.18. The highest BCUT2D eigenvalue weighted by Gasteiger charge is 2.27. The molecule has 0 spiro atoms. The quantitative estimate of drug-likeness (QED) is 0.644. The van der Waals surface area contributed by atoms with E-state index < -0.39 is 0 Å². The molecule has 152 valence electrons. The molecule has 1 N–H and O–H groups in total. The van der Waals surface area contributed by atoms with Gasteiger partial charge in [-0.05, 0) is 62.2 Å². The SMILES string of the molecule is CCOc1ccc(NC(=O)C2CCCN(c3nc4ccc(OC)cc4s3)C2)cc1. The molecule has 1 atom stereocenters. The van der Waals surface area contributed by atoms with Gasteiger partial charge in [0.1, 0.15) is 11.5 Å². The molecule has 1 aliphatic heterocycles. The van der Waals surface area contributed by atoms with Gasteiger partial charge in [0.15, 0.2) is 5.13 Å². The Morgan fingerprint density at radius 1 is 1.24 bits per heavy atom. The minimum Gasteiger partial charge on any atom is -0.497 e. The minimum atomic E-state index is -0.0585. The highest BCUT2D eigenvalue weighted by atomic mass is 32.1. The van der Waals surface area contributed by atoms with Gasteiger partial charge in [-0.3, -0.25) is 4.79 Å². The summed E-state index contributed by atoms with van der Waals surface area (Å²) in [6.07, 6.45) is 1.86. The molecule has 7 heteroatoms. The Morgan fingerprint density at radius 3 is 2.79 bits per heavy atom. The first-order valence-corrected chi connectivity index (χ1v) is 10.7. The van der Waals surface area contributed by atoms with Crippen LogP contribution in [0.4, 0.5) is 10.8 Å². The molecule has 1 amide bonds. The molecule has 6 nitrogen and oxygen atoms in total. The molecule has 0 saturated carbocycles. The Bertz CT molecular complexity index is 987. The topological polar surface area (TPSA) is 63.7 Å². The molecular weight excluding hydrogens is 386 g/mol. The van der Waals surface area contributed by atoms with Crippen LogP contribution in [-0.2, 0) is 4.79 Å². The fourth-order valence-electron chi connectivity index (χ4n) is 3.57. The van der Waals surface area contributed by atoms with Crippen LogP contribution < -0.4 is 19.7 Å². The second-order valence-electron chi connectivity index (χ2n) is 7.06. The molecule has 4 rings (SSSR count). The average Bonchev–Trinajstić information content (AvgIpc) is 3.19. The molecule has 0 aliphatic carbocycles. The number of hydrogen-bond donors (Lipinski definition) is 1. The Kier molecular flexibility index (Phi) is 5.85. The van der Waals surface area contributed by atoms with Crippen LogP contribution >= 0.6 is 11.3 Å². The lowest BCUT2D eigenvalue weighted by Crippen LogP contribution is -2.40. The highest BCUT2D eigenvalue weighted by Crippen LogP contribution is 2.33. The lowest BCUT2D eigenvalue weighted by molar-refractivity contribution is -0.120. The van der Waals surface area contributed by atoms with E-state index in [1.807, 2.05) is 49.4 Å². The van der Waals surface area contributed by atoms with E-state index in [1.165, 1.54) is 0 Å². The molecule has 0 radical (unpaired) electrons. The average molecular weight is 412 g/mol. The number of ether oxygens (including phenoxy) is 2. The van der Waals surface area contributed by atoms with Crippen molar-refractivity contribution in [1.82, 2.24) is 4.98 Å². The maximum atomic E-state index is 12.8. The van der Waals surface area contributed by atoms with E-state index in [2.05, 4.69) is 10.2 Å². The summed E-state index contributed by atoms with van der Waals surface area (Å²) < 4.78 is 11.9. The molecule has 2 heterocycles. The molecule has 2 aromatic carbocycles. The van der Waals surface area contributed by atoms with Gasteiger partial charge < -0.3 is 19.7 Å². The van der Waals surface area contributed by atoms with Gasteiger partial charge in [-0.25, -0.2) is 4.98 Å². The van der Waals surface area contributed by atoms with Gasteiger partial charge in [-0.15, -0.1) is 0 Å². The predicted molar refractivity (Wildman–Crippen MR) is 117 cm³/mol. The number of rotatable bonds is 6. The first-order chi connectivity index (χ1) is 14.2. The van der Waals surface area contributed by atoms with Crippen molar-refractivity contribution in [2.75, 3.05) is 37.0 Å². The number of benzene rings is 2. The van der Waals surface area contributed by atoms with Crippen molar-refractivity contribution in [2.45, 2.75) is 19.8 Å². The van der Waals surface area contributed by atoms with Gasteiger partial charge in [-0.2, -0.15) is 0 Å². The number of fused-ring (bicyclic) bond motifs is 1. The largest absolute Gasteiger partial charge is 0.497 e. The molecular formula is C22H25N3O3S. The van der Waals surface area contributed by atoms with Gasteiger partial charge >= 0.3 is 0 Å². The minimum absolute atomic E-state index is 0.0571. The van der Waals surface area contributed by atoms with Crippen LogP contribution in [0.5, 0.6) is 11.5 Å². The smallest absolute Gasteiger partial charge is 0.229 e. The lowest BCUT2D eigenvalue weighted by Gasteiger charge is -2.31. The van der Waals surface area contributed by atoms with E-state index in [1.54, 1.807) is 18.4 Å². The van der Waals surface area contributed by atoms with Crippen LogP contribution in [0.25, 0.3) is 10.2 Å². The zero-order valence-corrected chi connectivity index (χ0v) is 17.5. The third kappa shape index (κ3) is 4.45. The van der Waals surface area contributed by atoms with E-state index in [4.69, 9.17) is 14.5 Å². The molecule has 0 bridgehead atoms. The van der Waals surface area contributed by atoms with Crippen LogP contribution in [0, 0.1) is 5.92 Å². The zero-order valence-electron chi connectivity index (χ0n) is 16.7. The molecule has 1 fully saturated rings. The maximum Gasteiger partial charge on any atom is 0.229 e. The number of amides is 1. The van der Waals surface area contributed by atoms with Gasteiger partial charge in [-0.1, -0.05) is 11.3 Å². The number of carbonyl (C=O) groups excluding carboxylic acids is 1. The Labute approximate surface area is 174 Å². The van der Waals surface area contributed by atoms with E-state index in [0.717, 1.165) is 51.9 Å². The summed E-state index contributed by atoms with van der Waals surface area (Å²) in [5, 5.41) is 4.00. The van der Waals surface area contributed by atoms with E-state index in [-0.39, 0.29) is 11.8 Å². The summed E-state index contributed by atoms with van der Waals surface area (Å²) in [5.74, 6) is 1.64. The highest BCUT2D eigenvalue weighted by molar-refractivity contribution is 7.22. The summed E-state index contributed by atoms with van der Waals surface area (Å²) in [4.78, 5) is 19.8. The number of nitrogens with one attached hydrogen (secondary N) is 1. The van der Waals surface area contributed by atoms with Crippen LogP contribution in [0.3, 0.4) is 0 Å². The van der Waals surface area contributed by atoms with Crippen molar-refractivity contribution in [3.63, 3.8) is 0 Å². The fraction of sp³-hybridized carbons (Fsp3) is 0.364. The zero-order chi connectivity index (χ0) is 20.2. The van der Waals surface area contributed by atoms with E-state index >= 15 is 0 Å². The number of thiazole rings is 1. The number of carbonyl (C=O) groups is 1. The fourth-order valence-corrected chi connectivity index (χ4v) is 4.59. The monoisotopic (exact) mass is 411 g/mol. The van der Waals surface area contributed by atoms with Crippen molar-refractivity contribution in [2.24, 2.45) is 5.92 Å². The molecule has 29 heavy (non-hydrogen) atoms. The van der Waals surface area contributed by atoms with Crippen molar-refractivity contribution < 1.29 is 14.3 Å². The van der Waals surface area contributed by atoms with Crippen LogP contribution in [0.15, 0.2) is 42.5 Å². The number of aromatic nitrogens is 1. The lowest BCUT2D eigenvalue weighted by atomic mass is 9.97. The van der Waals surface area contributed by atoms with Crippen LogP contribution in [0.1, 0.15) is 19.8 Å². The second kappa shape index (κ2) is 8.69. The summed E-state index contributed by atoms with van der Waals surface area (Å²) in [5.41, 5.74) is 1.76. The first-order valence-electron chi connectivity index (χ1n) is 9.89. The Balaban J connectivity index is 1.43. The van der Waals surface area contributed by atoms with Crippen molar-refractivity contribution in [3.8, 4) is 11.5 Å². The Morgan fingerprint density at radius 2 is 2.03 bits per heavy atom. The third-order valence-corrected chi connectivity index (χ3v) is 6.16. The van der Waals surface area contributed by atoms with E-state index in [0.29, 0.717) is 13.2 Å². The van der Waals surface area contributed by atoms with Crippen molar-refractivity contribution in [3.05, 3.63) is 42.5 Å². The van der Waals surface area contributed by atoms with Gasteiger partial charge in [0.25, 0.3) is 0 Å². The second-order valence-corrected chi connectivity index (χ2v) is 8.07. The number of nitrogens with zero attached hydrogens (tertiary/aromatic N) is 2. The van der Waals surface area contributed by atoms with Crippen LogP contribution in [-0.4, -0.2) is 37.7 Å². The maximum absolute atomic E-state index is 12.8. The predicted octanol–water partition coefficient (Wildman–Crippen LogP) is 4.56. The summed E-state index contributed by atoms with van der Waals surface area (Å²) in [6, 6.07) is 13.4. The Hall–Kier alpha value is -2.80. The normalized spacial score (nSPS) is 16.6.